The number of nitrogens with one attached hydrogen (secondary N) is 2. The molecular weight excluding hydrogens is 278 g/mol. The van der Waals surface area contributed by atoms with Crippen LogP contribution in [0.1, 0.15) is 15.9 Å². The first-order chi connectivity index (χ1) is 10.5. The average Bonchev–Trinajstić information content (AvgIpc) is 2.50. The Labute approximate surface area is 130 Å². The summed E-state index contributed by atoms with van der Waals surface area (Å²) in [5.41, 5.74) is 2.33. The molecule has 0 saturated heterocycles. The van der Waals surface area contributed by atoms with Crippen LogP contribution in [0.2, 0.25) is 0 Å². The molecule has 0 atom stereocenters. The summed E-state index contributed by atoms with van der Waals surface area (Å²) in [6, 6.07) is 7.63. The van der Waals surface area contributed by atoms with Crippen molar-refractivity contribution in [2.75, 3.05) is 37.8 Å². The van der Waals surface area contributed by atoms with Crippen molar-refractivity contribution < 1.29 is 4.79 Å². The van der Waals surface area contributed by atoms with Crippen LogP contribution in [-0.4, -0.2) is 48.0 Å². The van der Waals surface area contributed by atoms with Gasteiger partial charge in [0.15, 0.2) is 0 Å². The van der Waals surface area contributed by atoms with Crippen molar-refractivity contribution in [3.05, 3.63) is 47.8 Å². The Hall–Kier alpha value is -2.47. The van der Waals surface area contributed by atoms with Crippen molar-refractivity contribution >= 4 is 17.5 Å². The lowest BCUT2D eigenvalue weighted by molar-refractivity contribution is 0.102. The molecule has 2 rings (SSSR count). The van der Waals surface area contributed by atoms with Crippen molar-refractivity contribution in [3.63, 3.8) is 0 Å². The quantitative estimate of drug-likeness (QED) is 0.854. The van der Waals surface area contributed by atoms with Crippen LogP contribution in [0.25, 0.3) is 0 Å². The van der Waals surface area contributed by atoms with Gasteiger partial charge < -0.3 is 15.5 Å². The molecule has 0 aliphatic heterocycles. The second-order valence-corrected chi connectivity index (χ2v) is 5.35. The van der Waals surface area contributed by atoms with E-state index in [9.17, 15) is 4.79 Å². The summed E-state index contributed by atoms with van der Waals surface area (Å²) in [5.74, 6) is 0.303. The summed E-state index contributed by atoms with van der Waals surface area (Å²) in [7, 11) is 4.00. The van der Waals surface area contributed by atoms with Gasteiger partial charge in [0.05, 0.1) is 5.56 Å². The predicted molar refractivity (Wildman–Crippen MR) is 88.2 cm³/mol. The molecule has 0 bridgehead atoms. The van der Waals surface area contributed by atoms with E-state index in [1.807, 2.05) is 45.3 Å². The fourth-order valence-corrected chi connectivity index (χ4v) is 1.77. The molecular formula is C16H21N5O. The SMILES string of the molecule is Cc1ccc(NC(=O)c2cnc(NCCN(C)C)nc2)cc1. The number of benzene rings is 1. The van der Waals surface area contributed by atoms with Crippen LogP contribution in [-0.2, 0) is 0 Å². The van der Waals surface area contributed by atoms with Gasteiger partial charge in [-0.25, -0.2) is 9.97 Å². The minimum atomic E-state index is -0.219. The number of carbonyl (C=O) groups is 1. The van der Waals surface area contributed by atoms with Crippen LogP contribution in [0.15, 0.2) is 36.7 Å². The first-order valence-corrected chi connectivity index (χ1v) is 7.13. The summed E-state index contributed by atoms with van der Waals surface area (Å²) in [6.45, 7) is 3.64. The number of aromatic nitrogens is 2. The summed E-state index contributed by atoms with van der Waals surface area (Å²) < 4.78 is 0. The molecule has 0 saturated carbocycles. The Balaban J connectivity index is 1.91. The number of nitrogens with zero attached hydrogens (tertiary/aromatic N) is 3. The molecule has 2 aromatic rings. The van der Waals surface area contributed by atoms with Crippen LogP contribution >= 0.6 is 0 Å². The highest BCUT2D eigenvalue weighted by molar-refractivity contribution is 6.03. The third kappa shape index (κ3) is 4.82. The minimum absolute atomic E-state index is 0.219. The van der Waals surface area contributed by atoms with Crippen molar-refractivity contribution in [2.45, 2.75) is 6.92 Å². The topological polar surface area (TPSA) is 70.2 Å². The lowest BCUT2D eigenvalue weighted by Crippen LogP contribution is -2.21. The molecule has 116 valence electrons. The Morgan fingerprint density at radius 2 is 1.77 bits per heavy atom. The number of hydrogen-bond acceptors (Lipinski definition) is 5. The molecule has 2 N–H and O–H groups in total. The normalized spacial score (nSPS) is 10.5. The third-order valence-electron chi connectivity index (χ3n) is 3.07. The molecule has 0 spiro atoms. The maximum atomic E-state index is 12.1. The van der Waals surface area contributed by atoms with Gasteiger partial charge in [-0.1, -0.05) is 17.7 Å². The van der Waals surface area contributed by atoms with Crippen LogP contribution in [0, 0.1) is 6.92 Å². The Morgan fingerprint density at radius 3 is 2.36 bits per heavy atom. The maximum Gasteiger partial charge on any atom is 0.258 e. The first-order valence-electron chi connectivity index (χ1n) is 7.13. The van der Waals surface area contributed by atoms with Crippen molar-refractivity contribution in [3.8, 4) is 0 Å². The van der Waals surface area contributed by atoms with Gasteiger partial charge in [0.2, 0.25) is 5.95 Å². The molecule has 6 heteroatoms. The van der Waals surface area contributed by atoms with Crippen LogP contribution in [0.5, 0.6) is 0 Å². The lowest BCUT2D eigenvalue weighted by Gasteiger charge is -2.10. The molecule has 0 aliphatic carbocycles. The Bertz CT molecular complexity index is 607. The van der Waals surface area contributed by atoms with E-state index in [0.29, 0.717) is 11.5 Å². The van der Waals surface area contributed by atoms with Crippen molar-refractivity contribution in [1.29, 1.82) is 0 Å². The highest BCUT2D eigenvalue weighted by atomic mass is 16.1. The van der Waals surface area contributed by atoms with E-state index in [4.69, 9.17) is 0 Å². The molecule has 0 radical (unpaired) electrons. The van der Waals surface area contributed by atoms with E-state index >= 15 is 0 Å². The monoisotopic (exact) mass is 299 g/mol. The molecule has 6 nitrogen and oxygen atoms in total. The Kier molecular flexibility index (Phi) is 5.43. The second kappa shape index (κ2) is 7.51. The molecule has 0 aliphatic rings. The van der Waals surface area contributed by atoms with Crippen LogP contribution in [0.4, 0.5) is 11.6 Å². The lowest BCUT2D eigenvalue weighted by atomic mass is 10.2. The van der Waals surface area contributed by atoms with Gasteiger partial charge in [0.25, 0.3) is 5.91 Å². The van der Waals surface area contributed by atoms with Crippen LogP contribution < -0.4 is 10.6 Å². The fraction of sp³-hybridized carbons (Fsp3) is 0.312. The van der Waals surface area contributed by atoms with Gasteiger partial charge in [0, 0.05) is 31.2 Å². The average molecular weight is 299 g/mol. The number of anilines is 2. The largest absolute Gasteiger partial charge is 0.353 e. The number of likely N-dealkylation sites (N-methyl/N-ethyl adjacent to an activating group) is 1. The van der Waals surface area contributed by atoms with Crippen molar-refractivity contribution in [1.82, 2.24) is 14.9 Å². The standard InChI is InChI=1S/C16H21N5O/c1-12-4-6-14(7-5-12)20-15(22)13-10-18-16(19-11-13)17-8-9-21(2)3/h4-7,10-11H,8-9H2,1-3H3,(H,20,22)(H,17,18,19). The predicted octanol–water partition coefficient (Wildman–Crippen LogP) is 2.01. The smallest absolute Gasteiger partial charge is 0.258 e. The zero-order chi connectivity index (χ0) is 15.9. The summed E-state index contributed by atoms with van der Waals surface area (Å²) in [4.78, 5) is 22.5. The molecule has 0 fully saturated rings. The van der Waals surface area contributed by atoms with E-state index in [1.54, 1.807) is 0 Å². The van der Waals surface area contributed by atoms with E-state index in [1.165, 1.54) is 12.4 Å². The zero-order valence-corrected chi connectivity index (χ0v) is 13.1. The second-order valence-electron chi connectivity index (χ2n) is 5.35. The van der Waals surface area contributed by atoms with Crippen molar-refractivity contribution in [2.24, 2.45) is 0 Å². The molecule has 1 amide bonds. The number of amides is 1. The molecule has 1 heterocycles. The molecule has 1 aromatic heterocycles. The first kappa shape index (κ1) is 15.9. The highest BCUT2D eigenvalue weighted by Crippen LogP contribution is 2.10. The van der Waals surface area contributed by atoms with Gasteiger partial charge in [-0.2, -0.15) is 0 Å². The van der Waals surface area contributed by atoms with Crippen LogP contribution in [0.3, 0.4) is 0 Å². The number of aryl methyl sites for hydroxylation is 1. The summed E-state index contributed by atoms with van der Waals surface area (Å²) in [5, 5.41) is 5.92. The summed E-state index contributed by atoms with van der Waals surface area (Å²) in [6.07, 6.45) is 3.04. The van der Waals surface area contributed by atoms with E-state index in [2.05, 4.69) is 25.5 Å². The van der Waals surface area contributed by atoms with Gasteiger partial charge >= 0.3 is 0 Å². The van der Waals surface area contributed by atoms with Gasteiger partial charge in [-0.3, -0.25) is 4.79 Å². The Morgan fingerprint density at radius 1 is 1.14 bits per heavy atom. The number of rotatable bonds is 6. The van der Waals surface area contributed by atoms with E-state index in [0.717, 1.165) is 24.3 Å². The van der Waals surface area contributed by atoms with E-state index < -0.39 is 0 Å². The van der Waals surface area contributed by atoms with Gasteiger partial charge in [-0.15, -0.1) is 0 Å². The van der Waals surface area contributed by atoms with Gasteiger partial charge in [0.1, 0.15) is 0 Å². The maximum absolute atomic E-state index is 12.1. The molecule has 0 unspecified atom stereocenters. The highest BCUT2D eigenvalue weighted by Gasteiger charge is 2.07. The van der Waals surface area contributed by atoms with Gasteiger partial charge in [-0.05, 0) is 33.2 Å². The number of carbonyl (C=O) groups excluding carboxylic acids is 1. The third-order valence-corrected chi connectivity index (χ3v) is 3.07. The number of hydrogen-bond donors (Lipinski definition) is 2. The minimum Gasteiger partial charge on any atom is -0.353 e. The molecule has 1 aromatic carbocycles. The fourth-order valence-electron chi connectivity index (χ4n) is 1.77. The van der Waals surface area contributed by atoms with E-state index in [-0.39, 0.29) is 5.91 Å². The molecule has 22 heavy (non-hydrogen) atoms. The summed E-state index contributed by atoms with van der Waals surface area (Å²) >= 11 is 0. The zero-order valence-electron chi connectivity index (χ0n) is 13.1.